The first-order valence-corrected chi connectivity index (χ1v) is 10.4. The van der Waals surface area contributed by atoms with Gasteiger partial charge in [-0.25, -0.2) is 8.42 Å². The van der Waals surface area contributed by atoms with Gasteiger partial charge >= 0.3 is 0 Å². The van der Waals surface area contributed by atoms with Crippen molar-refractivity contribution in [1.82, 2.24) is 0 Å². The molecule has 0 fully saturated rings. The van der Waals surface area contributed by atoms with Crippen LogP contribution in [0.1, 0.15) is 12.5 Å². The van der Waals surface area contributed by atoms with Gasteiger partial charge in [0.25, 0.3) is 0 Å². The third-order valence-corrected chi connectivity index (χ3v) is 5.79. The minimum atomic E-state index is -3.68. The quantitative estimate of drug-likeness (QED) is 0.750. The zero-order valence-electron chi connectivity index (χ0n) is 14.0. The van der Waals surface area contributed by atoms with Gasteiger partial charge in [-0.05, 0) is 55.8 Å². The summed E-state index contributed by atoms with van der Waals surface area (Å²) in [6.07, 6.45) is 1.06. The van der Waals surface area contributed by atoms with Crippen molar-refractivity contribution in [2.24, 2.45) is 0 Å². The first-order valence-electron chi connectivity index (χ1n) is 7.41. The van der Waals surface area contributed by atoms with Gasteiger partial charge in [0.05, 0.1) is 11.9 Å². The third kappa shape index (κ3) is 4.96. The van der Waals surface area contributed by atoms with E-state index in [1.54, 1.807) is 42.5 Å². The second-order valence-electron chi connectivity index (χ2n) is 5.66. The number of sulfonamides is 1. The highest BCUT2D eigenvalue weighted by Gasteiger charge is 2.29. The van der Waals surface area contributed by atoms with E-state index in [-0.39, 0.29) is 0 Å². The van der Waals surface area contributed by atoms with Crippen LogP contribution in [0.15, 0.2) is 46.9 Å². The average Bonchev–Trinajstić information content (AvgIpc) is 2.51. The summed E-state index contributed by atoms with van der Waals surface area (Å²) in [5, 5.41) is 3.16. The second kappa shape index (κ2) is 7.76. The van der Waals surface area contributed by atoms with Crippen LogP contribution in [0, 0.1) is 6.92 Å². The lowest BCUT2D eigenvalue weighted by molar-refractivity contribution is -0.116. The van der Waals surface area contributed by atoms with E-state index in [1.165, 1.54) is 6.92 Å². The number of hydrogen-bond acceptors (Lipinski definition) is 3. The number of carbonyl (C=O) groups is 1. The van der Waals surface area contributed by atoms with E-state index in [9.17, 15) is 13.2 Å². The molecular formula is C17H18BrClN2O3S. The Morgan fingerprint density at radius 1 is 1.20 bits per heavy atom. The minimum Gasteiger partial charge on any atom is -0.324 e. The molecule has 0 radical (unpaired) electrons. The van der Waals surface area contributed by atoms with Gasteiger partial charge in [-0.3, -0.25) is 9.10 Å². The van der Waals surface area contributed by atoms with Crippen LogP contribution in [-0.2, 0) is 14.8 Å². The summed E-state index contributed by atoms with van der Waals surface area (Å²) in [4.78, 5) is 12.5. The number of nitrogens with one attached hydrogen (secondary N) is 1. The van der Waals surface area contributed by atoms with E-state index in [0.717, 1.165) is 20.6 Å². The Bertz CT molecular complexity index is 885. The molecule has 1 atom stereocenters. The number of amides is 1. The smallest absolute Gasteiger partial charge is 0.247 e. The van der Waals surface area contributed by atoms with Crippen LogP contribution < -0.4 is 9.62 Å². The SMILES string of the molecule is Cc1ccc(N([C@H](C)C(=O)Nc2ccc(Br)cc2)S(C)(=O)=O)cc1Cl. The van der Waals surface area contributed by atoms with E-state index in [2.05, 4.69) is 21.2 Å². The maximum atomic E-state index is 12.5. The van der Waals surface area contributed by atoms with Crippen molar-refractivity contribution < 1.29 is 13.2 Å². The highest BCUT2D eigenvalue weighted by molar-refractivity contribution is 9.10. The van der Waals surface area contributed by atoms with Crippen LogP contribution in [0.5, 0.6) is 0 Å². The summed E-state index contributed by atoms with van der Waals surface area (Å²) >= 11 is 9.43. The van der Waals surface area contributed by atoms with Crippen molar-refractivity contribution in [1.29, 1.82) is 0 Å². The standard InChI is InChI=1S/C17H18BrClN2O3S/c1-11-4-9-15(10-16(11)19)21(25(3,23)24)12(2)17(22)20-14-7-5-13(18)6-8-14/h4-10,12H,1-3H3,(H,20,22)/t12-/m1/s1. The Morgan fingerprint density at radius 3 is 2.32 bits per heavy atom. The number of anilines is 2. The number of carbonyl (C=O) groups excluding carboxylic acids is 1. The highest BCUT2D eigenvalue weighted by Crippen LogP contribution is 2.27. The molecule has 0 spiro atoms. The zero-order chi connectivity index (χ0) is 18.8. The Kier molecular flexibility index (Phi) is 6.13. The van der Waals surface area contributed by atoms with Crippen molar-refractivity contribution in [2.45, 2.75) is 19.9 Å². The highest BCUT2D eigenvalue weighted by atomic mass is 79.9. The summed E-state index contributed by atoms with van der Waals surface area (Å²) in [5.74, 6) is -0.440. The molecule has 0 aliphatic heterocycles. The molecule has 0 heterocycles. The average molecular weight is 446 g/mol. The van der Waals surface area contributed by atoms with Gasteiger partial charge in [0.2, 0.25) is 15.9 Å². The molecule has 0 unspecified atom stereocenters. The third-order valence-electron chi connectivity index (χ3n) is 3.61. The van der Waals surface area contributed by atoms with E-state index in [0.29, 0.717) is 16.4 Å². The van der Waals surface area contributed by atoms with E-state index in [1.807, 2.05) is 6.92 Å². The molecule has 0 aromatic heterocycles. The lowest BCUT2D eigenvalue weighted by Gasteiger charge is -2.28. The van der Waals surface area contributed by atoms with Gasteiger partial charge in [-0.2, -0.15) is 0 Å². The largest absolute Gasteiger partial charge is 0.324 e. The van der Waals surface area contributed by atoms with Gasteiger partial charge < -0.3 is 5.32 Å². The van der Waals surface area contributed by atoms with Crippen LogP contribution in [0.3, 0.4) is 0 Å². The van der Waals surface area contributed by atoms with Gasteiger partial charge in [0.15, 0.2) is 0 Å². The molecule has 8 heteroatoms. The van der Waals surface area contributed by atoms with Crippen molar-refractivity contribution in [3.8, 4) is 0 Å². The molecule has 1 N–H and O–H groups in total. The van der Waals surface area contributed by atoms with Crippen LogP contribution in [0.2, 0.25) is 5.02 Å². The zero-order valence-corrected chi connectivity index (χ0v) is 17.1. The minimum absolute atomic E-state index is 0.344. The van der Waals surface area contributed by atoms with Gasteiger partial charge in [0.1, 0.15) is 6.04 Å². The molecule has 0 bridgehead atoms. The fraction of sp³-hybridized carbons (Fsp3) is 0.235. The maximum Gasteiger partial charge on any atom is 0.247 e. The van der Waals surface area contributed by atoms with Gasteiger partial charge in [-0.1, -0.05) is 33.6 Å². The summed E-state index contributed by atoms with van der Waals surface area (Å²) in [7, 11) is -3.68. The van der Waals surface area contributed by atoms with E-state index >= 15 is 0 Å². The first kappa shape index (κ1) is 19.8. The Hall–Kier alpha value is -1.57. The molecule has 0 saturated heterocycles. The molecule has 2 aromatic rings. The summed E-state index contributed by atoms with van der Waals surface area (Å²) in [6.45, 7) is 3.35. The lowest BCUT2D eigenvalue weighted by Crippen LogP contribution is -2.45. The molecule has 2 rings (SSSR count). The number of rotatable bonds is 5. The number of nitrogens with zero attached hydrogens (tertiary/aromatic N) is 1. The molecule has 1 amide bonds. The van der Waals surface area contributed by atoms with Crippen molar-refractivity contribution in [3.63, 3.8) is 0 Å². The molecule has 134 valence electrons. The van der Waals surface area contributed by atoms with Crippen molar-refractivity contribution in [3.05, 3.63) is 57.5 Å². The molecule has 0 aliphatic carbocycles. The molecular weight excluding hydrogens is 428 g/mol. The maximum absolute atomic E-state index is 12.5. The monoisotopic (exact) mass is 444 g/mol. The molecule has 0 saturated carbocycles. The van der Waals surface area contributed by atoms with Gasteiger partial charge in [-0.15, -0.1) is 0 Å². The number of hydrogen-bond donors (Lipinski definition) is 1. The van der Waals surface area contributed by atoms with Gasteiger partial charge in [0, 0.05) is 15.2 Å². The normalized spacial score (nSPS) is 12.5. The fourth-order valence-electron chi connectivity index (χ4n) is 2.31. The lowest BCUT2D eigenvalue weighted by atomic mass is 10.2. The number of halogens is 2. The molecule has 2 aromatic carbocycles. The predicted molar refractivity (Wildman–Crippen MR) is 106 cm³/mol. The van der Waals surface area contributed by atoms with Crippen LogP contribution >= 0.6 is 27.5 Å². The topological polar surface area (TPSA) is 66.5 Å². The summed E-state index contributed by atoms with van der Waals surface area (Å²) in [5.41, 5.74) is 1.75. The predicted octanol–water partition coefficient (Wildman–Crippen LogP) is 4.20. The van der Waals surface area contributed by atoms with Crippen molar-refractivity contribution >= 4 is 54.8 Å². The fourth-order valence-corrected chi connectivity index (χ4v) is 3.91. The second-order valence-corrected chi connectivity index (χ2v) is 8.85. The number of aryl methyl sites for hydroxylation is 1. The first-order chi connectivity index (χ1) is 11.6. The van der Waals surface area contributed by atoms with E-state index in [4.69, 9.17) is 11.6 Å². The Balaban J connectivity index is 2.32. The Labute approximate surface area is 161 Å². The molecule has 5 nitrogen and oxygen atoms in total. The van der Waals surface area contributed by atoms with Crippen molar-refractivity contribution in [2.75, 3.05) is 15.9 Å². The van der Waals surface area contributed by atoms with Crippen LogP contribution in [0.4, 0.5) is 11.4 Å². The van der Waals surface area contributed by atoms with E-state index < -0.39 is 22.0 Å². The Morgan fingerprint density at radius 2 is 1.80 bits per heavy atom. The number of benzene rings is 2. The summed E-state index contributed by atoms with van der Waals surface area (Å²) in [6, 6.07) is 11.0. The van der Waals surface area contributed by atoms with Crippen LogP contribution in [-0.4, -0.2) is 26.6 Å². The van der Waals surface area contributed by atoms with Crippen LogP contribution in [0.25, 0.3) is 0 Å². The molecule has 0 aliphatic rings. The summed E-state index contributed by atoms with van der Waals surface area (Å²) < 4.78 is 26.5. The molecule has 25 heavy (non-hydrogen) atoms.